The quantitative estimate of drug-likeness (QED) is 0.0934. The molecule has 1 unspecified atom stereocenters. The number of hydrogen-bond acceptors (Lipinski definition) is 3. The summed E-state index contributed by atoms with van der Waals surface area (Å²) in [6.07, 6.45) is 28.4. The SMILES string of the molecule is CCCCCCCCCCCCCCCCC(OC(=O)CCCCCCCCCCC)C(=O)O. The van der Waals surface area contributed by atoms with Crippen molar-refractivity contribution in [2.24, 2.45) is 0 Å². The van der Waals surface area contributed by atoms with E-state index in [2.05, 4.69) is 13.8 Å². The van der Waals surface area contributed by atoms with Gasteiger partial charge in [-0.1, -0.05) is 149 Å². The molecule has 34 heavy (non-hydrogen) atoms. The maximum Gasteiger partial charge on any atom is 0.345 e. The summed E-state index contributed by atoms with van der Waals surface area (Å²) >= 11 is 0. The van der Waals surface area contributed by atoms with Crippen molar-refractivity contribution < 1.29 is 19.4 Å². The van der Waals surface area contributed by atoms with E-state index in [4.69, 9.17) is 4.74 Å². The maximum atomic E-state index is 12.0. The zero-order chi connectivity index (χ0) is 25.1. The Morgan fingerprint density at radius 3 is 1.21 bits per heavy atom. The van der Waals surface area contributed by atoms with Crippen LogP contribution in [0, 0.1) is 0 Å². The zero-order valence-corrected chi connectivity index (χ0v) is 22.9. The van der Waals surface area contributed by atoms with Crippen molar-refractivity contribution in [2.75, 3.05) is 0 Å². The molecule has 0 radical (unpaired) electrons. The van der Waals surface area contributed by atoms with Crippen molar-refractivity contribution >= 4 is 11.9 Å². The van der Waals surface area contributed by atoms with Gasteiger partial charge in [0.2, 0.25) is 0 Å². The smallest absolute Gasteiger partial charge is 0.345 e. The predicted molar refractivity (Wildman–Crippen MR) is 144 cm³/mol. The van der Waals surface area contributed by atoms with E-state index < -0.39 is 12.1 Å². The lowest BCUT2D eigenvalue weighted by atomic mass is 10.0. The molecule has 0 aromatic heterocycles. The molecule has 0 saturated heterocycles. The largest absolute Gasteiger partial charge is 0.479 e. The van der Waals surface area contributed by atoms with Gasteiger partial charge in [-0.2, -0.15) is 0 Å². The lowest BCUT2D eigenvalue weighted by molar-refractivity contribution is -0.164. The molecule has 4 nitrogen and oxygen atoms in total. The molecule has 0 aromatic rings. The summed E-state index contributed by atoms with van der Waals surface area (Å²) in [5.41, 5.74) is 0. The molecule has 0 bridgehead atoms. The van der Waals surface area contributed by atoms with E-state index in [9.17, 15) is 14.7 Å². The first kappa shape index (κ1) is 32.9. The van der Waals surface area contributed by atoms with Crippen LogP contribution in [0.15, 0.2) is 0 Å². The monoisotopic (exact) mass is 482 g/mol. The molecule has 0 aliphatic rings. The number of carbonyl (C=O) groups excluding carboxylic acids is 1. The number of carbonyl (C=O) groups is 2. The molecule has 0 heterocycles. The van der Waals surface area contributed by atoms with Crippen LogP contribution in [0.25, 0.3) is 0 Å². The second-order valence-electron chi connectivity index (χ2n) is 10.3. The van der Waals surface area contributed by atoms with E-state index in [-0.39, 0.29) is 5.97 Å². The first-order valence-corrected chi connectivity index (χ1v) is 15.0. The highest BCUT2D eigenvalue weighted by molar-refractivity contribution is 5.77. The minimum absolute atomic E-state index is 0.346. The third-order valence-corrected chi connectivity index (χ3v) is 6.85. The van der Waals surface area contributed by atoms with Crippen LogP contribution in [-0.2, 0) is 14.3 Å². The minimum atomic E-state index is -1.00. The van der Waals surface area contributed by atoms with Gasteiger partial charge in [0.15, 0.2) is 6.10 Å². The summed E-state index contributed by atoms with van der Waals surface area (Å²) in [6, 6.07) is 0. The topological polar surface area (TPSA) is 63.6 Å². The second kappa shape index (κ2) is 26.5. The Balaban J connectivity index is 3.57. The number of carboxylic acids is 1. The number of aliphatic carboxylic acids is 1. The van der Waals surface area contributed by atoms with Crippen molar-refractivity contribution in [3.05, 3.63) is 0 Å². The number of carboxylic acid groups (broad SMARTS) is 1. The molecular weight excluding hydrogens is 424 g/mol. The van der Waals surface area contributed by atoms with Gasteiger partial charge >= 0.3 is 11.9 Å². The normalized spacial score (nSPS) is 12.1. The molecule has 0 aliphatic heterocycles. The van der Waals surface area contributed by atoms with E-state index in [1.165, 1.54) is 109 Å². The Bertz CT molecular complexity index is 449. The molecule has 0 fully saturated rings. The lowest BCUT2D eigenvalue weighted by Crippen LogP contribution is -2.27. The highest BCUT2D eigenvalue weighted by atomic mass is 16.6. The van der Waals surface area contributed by atoms with Gasteiger partial charge in [-0.05, 0) is 19.3 Å². The molecule has 1 N–H and O–H groups in total. The van der Waals surface area contributed by atoms with Gasteiger partial charge in [0.05, 0.1) is 0 Å². The summed E-state index contributed by atoms with van der Waals surface area (Å²) in [7, 11) is 0. The number of rotatable bonds is 27. The van der Waals surface area contributed by atoms with E-state index in [0.717, 1.165) is 38.5 Å². The van der Waals surface area contributed by atoms with Crippen LogP contribution in [0.1, 0.15) is 174 Å². The fourth-order valence-corrected chi connectivity index (χ4v) is 4.55. The first-order valence-electron chi connectivity index (χ1n) is 15.0. The highest BCUT2D eigenvalue weighted by Gasteiger charge is 2.21. The molecule has 0 aromatic carbocycles. The Hall–Kier alpha value is -1.06. The van der Waals surface area contributed by atoms with Crippen molar-refractivity contribution in [1.82, 2.24) is 0 Å². The second-order valence-corrected chi connectivity index (χ2v) is 10.3. The molecule has 0 amide bonds. The van der Waals surface area contributed by atoms with Crippen LogP contribution in [0.3, 0.4) is 0 Å². The highest BCUT2D eigenvalue weighted by Crippen LogP contribution is 2.15. The summed E-state index contributed by atoms with van der Waals surface area (Å²) in [5.74, 6) is -1.35. The van der Waals surface area contributed by atoms with Gasteiger partial charge in [0, 0.05) is 6.42 Å². The number of hydrogen-bond donors (Lipinski definition) is 1. The number of esters is 1. The molecular formula is C30H58O4. The molecule has 202 valence electrons. The van der Waals surface area contributed by atoms with Crippen molar-refractivity contribution in [3.63, 3.8) is 0 Å². The van der Waals surface area contributed by atoms with Crippen molar-refractivity contribution in [1.29, 1.82) is 0 Å². The minimum Gasteiger partial charge on any atom is -0.479 e. The molecule has 0 rings (SSSR count). The lowest BCUT2D eigenvalue weighted by Gasteiger charge is -2.13. The van der Waals surface area contributed by atoms with Crippen LogP contribution in [0.5, 0.6) is 0 Å². The number of ether oxygens (including phenoxy) is 1. The Morgan fingerprint density at radius 2 is 0.853 bits per heavy atom. The fraction of sp³-hybridized carbons (Fsp3) is 0.933. The average molecular weight is 483 g/mol. The summed E-state index contributed by atoms with van der Waals surface area (Å²) < 4.78 is 5.26. The van der Waals surface area contributed by atoms with Gasteiger partial charge in [-0.25, -0.2) is 4.79 Å². The van der Waals surface area contributed by atoms with Crippen LogP contribution < -0.4 is 0 Å². The standard InChI is InChI=1S/C30H58O4/c1-3-5-7-9-11-13-14-15-16-17-19-20-22-24-26-28(30(32)33)34-29(31)27-25-23-21-18-12-10-8-6-4-2/h28H,3-27H2,1-2H3,(H,32,33). The third kappa shape index (κ3) is 24.1. The van der Waals surface area contributed by atoms with Gasteiger partial charge in [0.25, 0.3) is 0 Å². The van der Waals surface area contributed by atoms with Crippen LogP contribution >= 0.6 is 0 Å². The Morgan fingerprint density at radius 1 is 0.529 bits per heavy atom. The predicted octanol–water partition coefficient (Wildman–Crippen LogP) is 9.78. The molecule has 0 spiro atoms. The fourth-order valence-electron chi connectivity index (χ4n) is 4.55. The van der Waals surface area contributed by atoms with Crippen molar-refractivity contribution in [3.8, 4) is 0 Å². The average Bonchev–Trinajstić information content (AvgIpc) is 2.82. The van der Waals surface area contributed by atoms with Crippen LogP contribution in [0.2, 0.25) is 0 Å². The van der Waals surface area contributed by atoms with Gasteiger partial charge < -0.3 is 9.84 Å². The van der Waals surface area contributed by atoms with Gasteiger partial charge in [-0.15, -0.1) is 0 Å². The van der Waals surface area contributed by atoms with Crippen LogP contribution in [0.4, 0.5) is 0 Å². The van der Waals surface area contributed by atoms with E-state index in [1.54, 1.807) is 0 Å². The van der Waals surface area contributed by atoms with Crippen LogP contribution in [-0.4, -0.2) is 23.1 Å². The Kier molecular flexibility index (Phi) is 25.7. The molecule has 4 heteroatoms. The molecule has 0 saturated carbocycles. The maximum absolute atomic E-state index is 12.0. The third-order valence-electron chi connectivity index (χ3n) is 6.85. The summed E-state index contributed by atoms with van der Waals surface area (Å²) in [4.78, 5) is 23.5. The van der Waals surface area contributed by atoms with Gasteiger partial charge in [-0.3, -0.25) is 4.79 Å². The number of unbranched alkanes of at least 4 members (excludes halogenated alkanes) is 21. The zero-order valence-electron chi connectivity index (χ0n) is 22.9. The van der Waals surface area contributed by atoms with Crippen molar-refractivity contribution in [2.45, 2.75) is 180 Å². The summed E-state index contributed by atoms with van der Waals surface area (Å²) in [5, 5.41) is 9.38. The Labute approximate surface area is 212 Å². The molecule has 0 aliphatic carbocycles. The first-order chi connectivity index (χ1) is 16.6. The van der Waals surface area contributed by atoms with Gasteiger partial charge in [0.1, 0.15) is 0 Å². The van der Waals surface area contributed by atoms with E-state index >= 15 is 0 Å². The van der Waals surface area contributed by atoms with E-state index in [1.807, 2.05) is 0 Å². The van der Waals surface area contributed by atoms with E-state index in [0.29, 0.717) is 12.8 Å². The molecule has 1 atom stereocenters. The summed E-state index contributed by atoms with van der Waals surface area (Å²) in [6.45, 7) is 4.49.